The molecule has 104 valence electrons. The normalized spacial score (nSPS) is 10.1. The van der Waals surface area contributed by atoms with Crippen molar-refractivity contribution < 1.29 is 19.4 Å². The number of benzene rings is 1. The highest BCUT2D eigenvalue weighted by atomic mass is 16.5. The van der Waals surface area contributed by atoms with Crippen LogP contribution in [0.3, 0.4) is 0 Å². The molecule has 0 aliphatic heterocycles. The summed E-state index contributed by atoms with van der Waals surface area (Å²) in [5, 5.41) is 24.6. The van der Waals surface area contributed by atoms with Crippen LogP contribution in [0.2, 0.25) is 0 Å². The van der Waals surface area contributed by atoms with E-state index in [0.717, 1.165) is 0 Å². The summed E-state index contributed by atoms with van der Waals surface area (Å²) in [6.45, 7) is 0. The molecule has 0 saturated carbocycles. The number of aromatic carboxylic acids is 1. The van der Waals surface area contributed by atoms with E-state index in [1.165, 1.54) is 37.5 Å². The molecule has 1 heterocycles. The molecule has 0 spiro atoms. The summed E-state index contributed by atoms with van der Waals surface area (Å²) < 4.78 is 11.5. The van der Waals surface area contributed by atoms with E-state index in [2.05, 4.69) is 10.2 Å². The van der Waals surface area contributed by atoms with Gasteiger partial charge < -0.3 is 14.6 Å². The van der Waals surface area contributed by atoms with Gasteiger partial charge in [-0.25, -0.2) is 4.79 Å². The van der Waals surface area contributed by atoms with Crippen molar-refractivity contribution in [2.45, 2.75) is 0 Å². The predicted octanol–water partition coefficient (Wildman–Crippen LogP) is 0.867. The molecular weight excluding hydrogens is 264 g/mol. The van der Waals surface area contributed by atoms with Crippen LogP contribution >= 0.6 is 0 Å². The molecule has 0 aliphatic carbocycles. The Labute approximate surface area is 114 Å². The zero-order valence-electron chi connectivity index (χ0n) is 10.8. The van der Waals surface area contributed by atoms with Gasteiger partial charge >= 0.3 is 5.97 Å². The van der Waals surface area contributed by atoms with Gasteiger partial charge in [-0.2, -0.15) is 0 Å². The fourth-order valence-electron chi connectivity index (χ4n) is 1.79. The number of rotatable bonds is 4. The van der Waals surface area contributed by atoms with Gasteiger partial charge in [-0.15, -0.1) is 10.2 Å². The fourth-order valence-corrected chi connectivity index (χ4v) is 1.79. The van der Waals surface area contributed by atoms with Gasteiger partial charge in [0.1, 0.15) is 24.1 Å². The van der Waals surface area contributed by atoms with Crippen LogP contribution in [0.4, 0.5) is 0 Å². The van der Waals surface area contributed by atoms with Crippen molar-refractivity contribution in [3.63, 3.8) is 0 Å². The van der Waals surface area contributed by atoms with Crippen molar-refractivity contribution in [2.75, 3.05) is 14.2 Å². The molecule has 2 rings (SSSR count). The molecule has 0 saturated heterocycles. The summed E-state index contributed by atoms with van der Waals surface area (Å²) in [6.07, 6.45) is 2.62. The number of hydrogen-bond donors (Lipinski definition) is 2. The molecular formula is C12H12N4O4. The lowest BCUT2D eigenvalue weighted by Gasteiger charge is -2.14. The Balaban J connectivity index is 2.64. The van der Waals surface area contributed by atoms with Crippen molar-refractivity contribution in [2.24, 2.45) is 0 Å². The third-order valence-electron chi connectivity index (χ3n) is 2.69. The molecule has 20 heavy (non-hydrogen) atoms. The summed E-state index contributed by atoms with van der Waals surface area (Å²) >= 11 is 0. The van der Waals surface area contributed by atoms with Crippen molar-refractivity contribution in [1.29, 1.82) is 5.41 Å². The zero-order chi connectivity index (χ0) is 14.7. The number of ether oxygens (including phenoxy) is 2. The summed E-state index contributed by atoms with van der Waals surface area (Å²) in [6, 6.07) is 3.02. The minimum Gasteiger partial charge on any atom is -0.493 e. The van der Waals surface area contributed by atoms with E-state index < -0.39 is 5.97 Å². The Morgan fingerprint density at radius 3 is 2.40 bits per heavy atom. The maximum atomic E-state index is 11.5. The number of hydrogen-bond acceptors (Lipinski definition) is 6. The Kier molecular flexibility index (Phi) is 3.65. The molecule has 0 radical (unpaired) electrons. The van der Waals surface area contributed by atoms with Crippen molar-refractivity contribution in [3.05, 3.63) is 35.9 Å². The van der Waals surface area contributed by atoms with E-state index in [-0.39, 0.29) is 28.5 Å². The molecule has 0 atom stereocenters. The molecule has 0 bridgehead atoms. The third kappa shape index (κ3) is 2.18. The van der Waals surface area contributed by atoms with Crippen LogP contribution in [0.25, 0.3) is 0 Å². The summed E-state index contributed by atoms with van der Waals surface area (Å²) in [5.74, 6) is -0.942. The Morgan fingerprint density at radius 2 is 1.90 bits per heavy atom. The molecule has 8 nitrogen and oxygen atoms in total. The largest absolute Gasteiger partial charge is 0.493 e. The van der Waals surface area contributed by atoms with Crippen LogP contribution in [-0.4, -0.2) is 45.9 Å². The maximum Gasteiger partial charge on any atom is 0.340 e. The van der Waals surface area contributed by atoms with Gasteiger partial charge in [0, 0.05) is 5.56 Å². The lowest BCUT2D eigenvalue weighted by molar-refractivity contribution is 0.0692. The molecule has 1 aromatic carbocycles. The fraction of sp³-hybridized carbons (Fsp3) is 0.167. The summed E-state index contributed by atoms with van der Waals surface area (Å²) in [5.41, 5.74) is 0.0282. The van der Waals surface area contributed by atoms with Crippen LogP contribution in [0.15, 0.2) is 24.8 Å². The van der Waals surface area contributed by atoms with E-state index in [9.17, 15) is 9.90 Å². The zero-order valence-corrected chi connectivity index (χ0v) is 10.8. The van der Waals surface area contributed by atoms with Crippen LogP contribution in [0.1, 0.15) is 15.9 Å². The topological polar surface area (TPSA) is 110 Å². The van der Waals surface area contributed by atoms with Gasteiger partial charge in [-0.1, -0.05) is 0 Å². The van der Waals surface area contributed by atoms with Crippen molar-refractivity contribution >= 4 is 11.8 Å². The number of carboxylic acid groups (broad SMARTS) is 1. The maximum absolute atomic E-state index is 11.5. The average molecular weight is 276 g/mol. The second-order valence-corrected chi connectivity index (χ2v) is 3.75. The van der Waals surface area contributed by atoms with Gasteiger partial charge in [0.15, 0.2) is 11.5 Å². The number of aromatic nitrogens is 3. The minimum atomic E-state index is -1.21. The second-order valence-electron chi connectivity index (χ2n) is 3.75. The highest BCUT2D eigenvalue weighted by Gasteiger charge is 2.23. The number of nitrogens with zero attached hydrogens (tertiary/aromatic N) is 3. The van der Waals surface area contributed by atoms with Crippen molar-refractivity contribution in [3.8, 4) is 11.5 Å². The smallest absolute Gasteiger partial charge is 0.340 e. The minimum absolute atomic E-state index is 0.0651. The number of nitrogens with one attached hydrogen (secondary N) is 1. The molecule has 0 unspecified atom stereocenters. The first-order chi connectivity index (χ1) is 9.60. The first-order valence-electron chi connectivity index (χ1n) is 5.52. The molecule has 0 aliphatic rings. The van der Waals surface area contributed by atoms with Gasteiger partial charge in [0.2, 0.25) is 0 Å². The summed E-state index contributed by atoms with van der Waals surface area (Å²) in [4.78, 5) is 11.5. The monoisotopic (exact) mass is 276 g/mol. The molecule has 2 aromatic rings. The predicted molar refractivity (Wildman–Crippen MR) is 68.8 cm³/mol. The second kappa shape index (κ2) is 5.39. The van der Waals surface area contributed by atoms with Gasteiger partial charge in [0.25, 0.3) is 0 Å². The number of carbonyl (C=O) groups is 1. The lowest BCUT2D eigenvalue weighted by Crippen LogP contribution is -2.16. The van der Waals surface area contributed by atoms with Crippen LogP contribution in [0.5, 0.6) is 11.5 Å². The average Bonchev–Trinajstić information content (AvgIpc) is 2.98. The van der Waals surface area contributed by atoms with Gasteiger partial charge in [0.05, 0.1) is 14.2 Å². The van der Waals surface area contributed by atoms with E-state index >= 15 is 0 Å². The molecule has 0 fully saturated rings. The molecule has 2 N–H and O–H groups in total. The molecule has 8 heteroatoms. The van der Waals surface area contributed by atoms with E-state index in [1.54, 1.807) is 6.07 Å². The number of methoxy groups -OCH3 is 2. The van der Waals surface area contributed by atoms with E-state index in [1.807, 2.05) is 0 Å². The van der Waals surface area contributed by atoms with Crippen LogP contribution < -0.4 is 9.47 Å². The highest BCUT2D eigenvalue weighted by molar-refractivity contribution is 6.08. The lowest BCUT2D eigenvalue weighted by atomic mass is 10.0. The molecule has 0 amide bonds. The quantitative estimate of drug-likeness (QED) is 0.633. The SMILES string of the molecule is COc1ccc(C(=N)n2cnnc2)c(C(=O)O)c1OC. The molecule has 1 aromatic heterocycles. The Bertz CT molecular complexity index is 652. The van der Waals surface area contributed by atoms with Gasteiger partial charge in [-0.05, 0) is 12.1 Å². The van der Waals surface area contributed by atoms with Gasteiger partial charge in [-0.3, -0.25) is 9.98 Å². The van der Waals surface area contributed by atoms with Crippen LogP contribution in [-0.2, 0) is 0 Å². The Morgan fingerprint density at radius 1 is 1.25 bits per heavy atom. The Hall–Kier alpha value is -2.90. The van der Waals surface area contributed by atoms with E-state index in [0.29, 0.717) is 0 Å². The third-order valence-corrected chi connectivity index (χ3v) is 2.69. The number of carboxylic acids is 1. The summed E-state index contributed by atoms with van der Waals surface area (Å²) in [7, 11) is 2.75. The first kappa shape index (κ1) is 13.5. The van der Waals surface area contributed by atoms with E-state index in [4.69, 9.17) is 14.9 Å². The first-order valence-corrected chi connectivity index (χ1v) is 5.52. The highest BCUT2D eigenvalue weighted by Crippen LogP contribution is 2.33. The van der Waals surface area contributed by atoms with Crippen molar-refractivity contribution in [1.82, 2.24) is 14.8 Å². The standard InChI is InChI=1S/C12H12N4O4/c1-19-8-4-3-7(9(12(17)18)10(8)20-2)11(13)16-5-14-15-6-16/h3-6,13H,1-2H3,(H,17,18). The van der Waals surface area contributed by atoms with Crippen LogP contribution in [0, 0.1) is 5.41 Å².